The lowest BCUT2D eigenvalue weighted by atomic mass is 9.67. The molecule has 1 aromatic heterocycles. The summed E-state index contributed by atoms with van der Waals surface area (Å²) in [6, 6.07) is 2.70. The van der Waals surface area contributed by atoms with Crippen molar-refractivity contribution < 1.29 is 17.6 Å². The third-order valence-electron chi connectivity index (χ3n) is 4.06. The van der Waals surface area contributed by atoms with Crippen LogP contribution in [-0.4, -0.2) is 20.7 Å². The molecule has 1 heterocycles. The average Bonchev–Trinajstić information content (AvgIpc) is 2.87. The molecular weight excluding hydrogens is 298 g/mol. The second-order valence-corrected chi connectivity index (χ2v) is 5.73. The van der Waals surface area contributed by atoms with Crippen molar-refractivity contribution in [3.63, 3.8) is 0 Å². The third kappa shape index (κ3) is 2.71. The maximum Gasteiger partial charge on any atom is 0.257 e. The number of rotatable bonds is 5. The minimum Gasteiger partial charge on any atom is -0.252 e. The van der Waals surface area contributed by atoms with Crippen LogP contribution in [0.25, 0.3) is 0 Å². The third-order valence-corrected chi connectivity index (χ3v) is 4.06. The molecule has 0 fully saturated rings. The van der Waals surface area contributed by atoms with Gasteiger partial charge in [0.05, 0.1) is 12.0 Å². The molecule has 2 rings (SSSR count). The fourth-order valence-corrected chi connectivity index (χ4v) is 2.88. The van der Waals surface area contributed by atoms with Crippen LogP contribution in [0, 0.1) is 17.6 Å². The Bertz CT molecular complexity index is 635. The van der Waals surface area contributed by atoms with E-state index in [9.17, 15) is 17.6 Å². The Morgan fingerprint density at radius 2 is 1.91 bits per heavy atom. The van der Waals surface area contributed by atoms with Crippen LogP contribution in [0.5, 0.6) is 0 Å². The fraction of sp³-hybridized carbons (Fsp3) is 0.467. The zero-order valence-corrected chi connectivity index (χ0v) is 12.5. The molecule has 1 aromatic carbocycles. The minimum atomic E-state index is -3.26. The summed E-state index contributed by atoms with van der Waals surface area (Å²) in [5, 5.41) is 3.85. The molecule has 1 atom stereocenters. The largest absolute Gasteiger partial charge is 0.257 e. The minimum absolute atomic E-state index is 0.230. The maximum absolute atomic E-state index is 14.5. The van der Waals surface area contributed by atoms with Crippen LogP contribution in [0.2, 0.25) is 0 Å². The Kier molecular flexibility index (Phi) is 4.26. The first-order chi connectivity index (χ1) is 10.2. The lowest BCUT2D eigenvalue weighted by molar-refractivity contribution is -0.0932. The molecular formula is C15H17F4N3. The predicted octanol–water partition coefficient (Wildman–Crippen LogP) is 3.81. The van der Waals surface area contributed by atoms with Gasteiger partial charge in [-0.15, -0.1) is 0 Å². The van der Waals surface area contributed by atoms with Crippen molar-refractivity contribution >= 4 is 0 Å². The van der Waals surface area contributed by atoms with Gasteiger partial charge in [-0.2, -0.15) is 5.10 Å². The number of halogens is 4. The molecule has 0 amide bonds. The summed E-state index contributed by atoms with van der Waals surface area (Å²) in [5.74, 6) is -5.68. The van der Waals surface area contributed by atoms with Crippen LogP contribution >= 0.6 is 0 Å². The summed E-state index contributed by atoms with van der Waals surface area (Å²) < 4.78 is 57.7. The topological polar surface area (TPSA) is 30.7 Å². The molecule has 120 valence electrons. The van der Waals surface area contributed by atoms with E-state index in [0.717, 1.165) is 19.1 Å². The summed E-state index contributed by atoms with van der Waals surface area (Å²) in [7, 11) is 0. The van der Waals surface area contributed by atoms with Crippen molar-refractivity contribution in [2.45, 2.75) is 38.7 Å². The van der Waals surface area contributed by atoms with Gasteiger partial charge < -0.3 is 0 Å². The van der Waals surface area contributed by atoms with Crippen molar-refractivity contribution in [1.29, 1.82) is 0 Å². The first-order valence-electron chi connectivity index (χ1n) is 6.84. The molecule has 7 heteroatoms. The summed E-state index contributed by atoms with van der Waals surface area (Å²) in [6.07, 6.45) is 2.52. The van der Waals surface area contributed by atoms with Gasteiger partial charge in [-0.1, -0.05) is 19.9 Å². The summed E-state index contributed by atoms with van der Waals surface area (Å²) in [6.45, 7) is 3.64. The van der Waals surface area contributed by atoms with Gasteiger partial charge in [0.2, 0.25) is 0 Å². The van der Waals surface area contributed by atoms with E-state index in [2.05, 4.69) is 10.1 Å². The van der Waals surface area contributed by atoms with E-state index in [-0.39, 0.29) is 12.1 Å². The molecule has 0 N–H and O–H groups in total. The lowest BCUT2D eigenvalue weighted by Gasteiger charge is -2.42. The van der Waals surface area contributed by atoms with E-state index in [1.807, 2.05) is 0 Å². The van der Waals surface area contributed by atoms with E-state index in [4.69, 9.17) is 0 Å². The standard InChI is InChI=1S/C15H17F4N3/c1-10(2)15(14(3,18)19,7-22-9-20-8-21-22)12-5-4-11(16)6-13(12)17/h4-6,8-10H,7H2,1-3H3. The smallest absolute Gasteiger partial charge is 0.252 e. The van der Waals surface area contributed by atoms with E-state index in [1.165, 1.54) is 17.3 Å². The van der Waals surface area contributed by atoms with Crippen LogP contribution in [0.15, 0.2) is 30.9 Å². The van der Waals surface area contributed by atoms with Gasteiger partial charge in [0.25, 0.3) is 5.92 Å². The highest BCUT2D eigenvalue weighted by Crippen LogP contribution is 2.47. The first kappa shape index (κ1) is 16.5. The second kappa shape index (κ2) is 5.70. The highest BCUT2D eigenvalue weighted by atomic mass is 19.3. The monoisotopic (exact) mass is 315 g/mol. The Morgan fingerprint density at radius 1 is 1.23 bits per heavy atom. The van der Waals surface area contributed by atoms with Crippen LogP contribution in [0.4, 0.5) is 17.6 Å². The molecule has 2 aromatic rings. The SMILES string of the molecule is CC(C)C(Cn1cncn1)(c1ccc(F)cc1F)C(C)(F)F. The molecule has 0 spiro atoms. The average molecular weight is 315 g/mol. The number of nitrogens with zero attached hydrogens (tertiary/aromatic N) is 3. The highest BCUT2D eigenvalue weighted by Gasteiger charge is 2.55. The zero-order valence-electron chi connectivity index (χ0n) is 12.5. The number of benzene rings is 1. The van der Waals surface area contributed by atoms with Crippen molar-refractivity contribution in [2.75, 3.05) is 0 Å². The van der Waals surface area contributed by atoms with E-state index in [1.54, 1.807) is 13.8 Å². The van der Waals surface area contributed by atoms with Gasteiger partial charge in [0.15, 0.2) is 0 Å². The van der Waals surface area contributed by atoms with Crippen LogP contribution in [0.3, 0.4) is 0 Å². The number of aromatic nitrogens is 3. The van der Waals surface area contributed by atoms with Gasteiger partial charge in [0.1, 0.15) is 24.3 Å². The molecule has 0 aliphatic heterocycles. The highest BCUT2D eigenvalue weighted by molar-refractivity contribution is 5.31. The van der Waals surface area contributed by atoms with E-state index in [0.29, 0.717) is 6.07 Å². The lowest BCUT2D eigenvalue weighted by Crippen LogP contribution is -2.51. The van der Waals surface area contributed by atoms with Crippen molar-refractivity contribution in [3.8, 4) is 0 Å². The van der Waals surface area contributed by atoms with Gasteiger partial charge in [0, 0.05) is 18.6 Å². The van der Waals surface area contributed by atoms with Crippen molar-refractivity contribution in [3.05, 3.63) is 48.1 Å². The molecule has 1 unspecified atom stereocenters. The normalized spacial score (nSPS) is 15.1. The predicted molar refractivity (Wildman–Crippen MR) is 73.5 cm³/mol. The Balaban J connectivity index is 2.67. The molecule has 0 bridgehead atoms. The van der Waals surface area contributed by atoms with Crippen LogP contribution in [-0.2, 0) is 12.0 Å². The van der Waals surface area contributed by atoms with Gasteiger partial charge in [-0.05, 0) is 12.0 Å². The molecule has 3 nitrogen and oxygen atoms in total. The number of hydrogen-bond donors (Lipinski definition) is 0. The van der Waals surface area contributed by atoms with Crippen molar-refractivity contribution in [1.82, 2.24) is 14.8 Å². The molecule has 22 heavy (non-hydrogen) atoms. The number of alkyl halides is 2. The van der Waals surface area contributed by atoms with Gasteiger partial charge in [-0.25, -0.2) is 22.5 Å². The summed E-state index contributed by atoms with van der Waals surface area (Å²) in [5.41, 5.74) is -2.11. The summed E-state index contributed by atoms with van der Waals surface area (Å²) in [4.78, 5) is 3.73. The van der Waals surface area contributed by atoms with Crippen molar-refractivity contribution in [2.24, 2.45) is 5.92 Å². The first-order valence-corrected chi connectivity index (χ1v) is 6.84. The van der Waals surface area contributed by atoms with Crippen LogP contribution in [0.1, 0.15) is 26.3 Å². The Morgan fingerprint density at radius 3 is 2.36 bits per heavy atom. The zero-order chi connectivity index (χ0) is 16.5. The van der Waals surface area contributed by atoms with E-state index < -0.39 is 28.9 Å². The van der Waals surface area contributed by atoms with E-state index >= 15 is 0 Å². The molecule has 0 saturated carbocycles. The molecule has 0 saturated heterocycles. The Labute approximate surface area is 126 Å². The van der Waals surface area contributed by atoms with Gasteiger partial charge >= 0.3 is 0 Å². The Hall–Kier alpha value is -1.92. The summed E-state index contributed by atoms with van der Waals surface area (Å²) >= 11 is 0. The second-order valence-electron chi connectivity index (χ2n) is 5.73. The molecule has 0 radical (unpaired) electrons. The fourth-order valence-electron chi connectivity index (χ4n) is 2.88. The van der Waals surface area contributed by atoms with Crippen LogP contribution < -0.4 is 0 Å². The van der Waals surface area contributed by atoms with Gasteiger partial charge in [-0.3, -0.25) is 4.68 Å². The number of hydrogen-bond acceptors (Lipinski definition) is 2. The maximum atomic E-state index is 14.5. The quantitative estimate of drug-likeness (QED) is 0.786. The molecule has 0 aliphatic carbocycles. The molecule has 0 aliphatic rings.